The molecule has 4 nitrogen and oxygen atoms in total. The zero-order chi connectivity index (χ0) is 14.0. The number of amides is 1. The van der Waals surface area contributed by atoms with E-state index in [0.717, 1.165) is 12.1 Å². The molecule has 0 spiro atoms. The van der Waals surface area contributed by atoms with Crippen molar-refractivity contribution in [2.45, 2.75) is 12.0 Å². The van der Waals surface area contributed by atoms with Gasteiger partial charge in [0.25, 0.3) is 0 Å². The molecule has 0 saturated carbocycles. The lowest BCUT2D eigenvalue weighted by molar-refractivity contribution is -0.342. The molecule has 2 N–H and O–H groups in total. The smallest absolute Gasteiger partial charge is 0.445 e. The highest BCUT2D eigenvalue weighted by molar-refractivity contribution is 5.63. The van der Waals surface area contributed by atoms with Crippen molar-refractivity contribution in [1.82, 2.24) is 10.7 Å². The first-order valence-corrected chi connectivity index (χ1v) is 4.46. The third-order valence-electron chi connectivity index (χ3n) is 2.00. The molecule has 0 heterocycles. The Morgan fingerprint density at radius 3 is 2.06 bits per heavy atom. The summed E-state index contributed by atoms with van der Waals surface area (Å²) in [5.74, 6) is -4.60. The van der Waals surface area contributed by atoms with Crippen LogP contribution in [0, 0.1) is 0 Å². The van der Waals surface area contributed by atoms with Gasteiger partial charge in [-0.05, 0) is 5.23 Å². The zero-order valence-electron chi connectivity index (χ0n) is 8.58. The zero-order valence-corrected chi connectivity index (χ0v) is 8.58. The van der Waals surface area contributed by atoms with Crippen molar-refractivity contribution < 1.29 is 31.9 Å². The van der Waals surface area contributed by atoms with Gasteiger partial charge in [0.2, 0.25) is 0 Å². The molecule has 0 aromatic heterocycles. The quantitative estimate of drug-likeness (QED) is 0.384. The van der Waals surface area contributed by atoms with Gasteiger partial charge in [0.15, 0.2) is 0 Å². The first-order valence-electron chi connectivity index (χ1n) is 4.46. The fourth-order valence-electron chi connectivity index (χ4n) is 1.21. The van der Waals surface area contributed by atoms with Crippen molar-refractivity contribution in [3.63, 3.8) is 0 Å². The molecule has 1 aromatic rings. The molecular weight excluding hydrogens is 263 g/mol. The van der Waals surface area contributed by atoms with Crippen molar-refractivity contribution in [2.75, 3.05) is 0 Å². The molecule has 1 rings (SSSR count). The monoisotopic (exact) mass is 270 g/mol. The average molecular weight is 270 g/mol. The summed E-state index contributed by atoms with van der Waals surface area (Å²) in [4.78, 5) is 10.1. The predicted molar refractivity (Wildman–Crippen MR) is 49.4 cm³/mol. The normalized spacial score (nSPS) is 15.2. The maximum Gasteiger partial charge on any atom is 0.445 e. The number of alkyl halides is 4. The standard InChI is InChI=1S/C9H7F5N2O2/c10-8(9(11,12)13,16(14)15-7(17)18)6-4-2-1-3-5-6/h1-5,15H,(H,17,18). The number of nitrogens with one attached hydrogen (secondary N) is 1. The van der Waals surface area contributed by atoms with Gasteiger partial charge in [-0.15, -0.1) is 4.48 Å². The van der Waals surface area contributed by atoms with Crippen molar-refractivity contribution in [3.8, 4) is 0 Å². The van der Waals surface area contributed by atoms with E-state index in [2.05, 4.69) is 0 Å². The van der Waals surface area contributed by atoms with Crippen LogP contribution in [0.25, 0.3) is 0 Å². The predicted octanol–water partition coefficient (Wildman–Crippen LogP) is 2.74. The number of benzene rings is 1. The molecule has 1 amide bonds. The second-order valence-electron chi connectivity index (χ2n) is 3.18. The van der Waals surface area contributed by atoms with Crippen molar-refractivity contribution in [3.05, 3.63) is 35.9 Å². The molecule has 0 saturated heterocycles. The Morgan fingerprint density at radius 2 is 1.67 bits per heavy atom. The molecule has 0 aliphatic carbocycles. The number of rotatable bonds is 3. The minimum absolute atomic E-state index is 0.677. The van der Waals surface area contributed by atoms with E-state index >= 15 is 0 Å². The number of halogens is 5. The highest BCUT2D eigenvalue weighted by Gasteiger charge is 2.63. The third-order valence-corrected chi connectivity index (χ3v) is 2.00. The number of hydrazine groups is 1. The van der Waals surface area contributed by atoms with Crippen LogP contribution in [0.4, 0.5) is 26.8 Å². The minimum Gasteiger partial charge on any atom is -0.464 e. The van der Waals surface area contributed by atoms with Crippen LogP contribution in [0.3, 0.4) is 0 Å². The fourth-order valence-corrected chi connectivity index (χ4v) is 1.21. The molecule has 1 atom stereocenters. The molecule has 0 bridgehead atoms. The van der Waals surface area contributed by atoms with E-state index in [4.69, 9.17) is 5.11 Å². The van der Waals surface area contributed by atoms with Gasteiger partial charge in [0, 0.05) is 5.56 Å². The first-order chi connectivity index (χ1) is 8.19. The van der Waals surface area contributed by atoms with E-state index in [1.54, 1.807) is 0 Å². The van der Waals surface area contributed by atoms with Gasteiger partial charge >= 0.3 is 18.1 Å². The molecule has 0 aliphatic heterocycles. The topological polar surface area (TPSA) is 52.6 Å². The van der Waals surface area contributed by atoms with Gasteiger partial charge in [0.1, 0.15) is 0 Å². The van der Waals surface area contributed by atoms with Crippen molar-refractivity contribution in [2.24, 2.45) is 0 Å². The van der Waals surface area contributed by atoms with Gasteiger partial charge in [-0.25, -0.2) is 14.6 Å². The van der Waals surface area contributed by atoms with Gasteiger partial charge < -0.3 is 5.11 Å². The summed E-state index contributed by atoms with van der Waals surface area (Å²) in [6, 6.07) is 4.79. The largest absolute Gasteiger partial charge is 0.464 e. The molecular formula is C9H7F5N2O2. The van der Waals surface area contributed by atoms with Crippen LogP contribution < -0.4 is 5.43 Å². The van der Waals surface area contributed by atoms with Crippen LogP contribution in [0.2, 0.25) is 0 Å². The van der Waals surface area contributed by atoms with E-state index < -0.39 is 28.9 Å². The average Bonchev–Trinajstić information content (AvgIpc) is 2.26. The summed E-state index contributed by atoms with van der Waals surface area (Å²) in [6.07, 6.45) is -7.84. The van der Waals surface area contributed by atoms with E-state index in [1.807, 2.05) is 0 Å². The van der Waals surface area contributed by atoms with E-state index in [-0.39, 0.29) is 0 Å². The molecule has 9 heteroatoms. The van der Waals surface area contributed by atoms with E-state index in [9.17, 15) is 26.8 Å². The number of carbonyl (C=O) groups is 1. The fraction of sp³-hybridized carbons (Fsp3) is 0.222. The lowest BCUT2D eigenvalue weighted by Crippen LogP contribution is -2.55. The Kier molecular flexibility index (Phi) is 3.75. The van der Waals surface area contributed by atoms with Crippen LogP contribution in [0.1, 0.15) is 5.56 Å². The minimum atomic E-state index is -5.68. The van der Waals surface area contributed by atoms with Crippen LogP contribution in [-0.2, 0) is 5.79 Å². The van der Waals surface area contributed by atoms with Crippen LogP contribution in [-0.4, -0.2) is 22.6 Å². The van der Waals surface area contributed by atoms with Gasteiger partial charge in [-0.1, -0.05) is 30.3 Å². The molecule has 1 unspecified atom stereocenters. The van der Waals surface area contributed by atoms with Crippen molar-refractivity contribution >= 4 is 6.09 Å². The SMILES string of the molecule is O=C(O)NN(F)C(F)(c1ccccc1)C(F)(F)F. The van der Waals surface area contributed by atoms with Crippen LogP contribution in [0.15, 0.2) is 30.3 Å². The highest BCUT2D eigenvalue weighted by Crippen LogP contribution is 2.44. The Balaban J connectivity index is 3.24. The summed E-state index contributed by atoms with van der Waals surface area (Å²) in [6.45, 7) is 0. The highest BCUT2D eigenvalue weighted by atomic mass is 19.4. The Bertz CT molecular complexity index is 425. The Morgan fingerprint density at radius 1 is 1.17 bits per heavy atom. The van der Waals surface area contributed by atoms with Gasteiger partial charge in [0.05, 0.1) is 0 Å². The molecule has 0 aliphatic rings. The second-order valence-corrected chi connectivity index (χ2v) is 3.18. The second kappa shape index (κ2) is 4.77. The number of nitrogens with zero attached hydrogens (tertiary/aromatic N) is 1. The molecule has 0 radical (unpaired) electrons. The lowest BCUT2D eigenvalue weighted by Gasteiger charge is -2.31. The van der Waals surface area contributed by atoms with Gasteiger partial charge in [-0.3, -0.25) is 0 Å². The van der Waals surface area contributed by atoms with Crippen LogP contribution >= 0.6 is 0 Å². The molecule has 1 aromatic carbocycles. The van der Waals surface area contributed by atoms with Gasteiger partial charge in [-0.2, -0.15) is 13.2 Å². The van der Waals surface area contributed by atoms with Crippen LogP contribution in [0.5, 0.6) is 0 Å². The Hall–Kier alpha value is -1.90. The summed E-state index contributed by atoms with van der Waals surface area (Å²) < 4.78 is 64.8. The Labute approximate surface area is 97.5 Å². The lowest BCUT2D eigenvalue weighted by atomic mass is 10.0. The first kappa shape index (κ1) is 14.2. The molecule has 18 heavy (non-hydrogen) atoms. The summed E-state index contributed by atoms with van der Waals surface area (Å²) in [5.41, 5.74) is -0.412. The number of hydrogen-bond acceptors (Lipinski definition) is 2. The summed E-state index contributed by atoms with van der Waals surface area (Å²) in [5, 5.41) is 6.50. The van der Waals surface area contributed by atoms with E-state index in [0.29, 0.717) is 17.6 Å². The maximum atomic E-state index is 13.9. The maximum absolute atomic E-state index is 13.9. The number of carboxylic acid groups (broad SMARTS) is 1. The molecule has 100 valence electrons. The molecule has 0 fully saturated rings. The van der Waals surface area contributed by atoms with E-state index in [1.165, 1.54) is 6.07 Å². The van der Waals surface area contributed by atoms with Crippen molar-refractivity contribution in [1.29, 1.82) is 0 Å². The summed E-state index contributed by atoms with van der Waals surface area (Å²) >= 11 is 0. The number of hydrogen-bond donors (Lipinski definition) is 2. The summed E-state index contributed by atoms with van der Waals surface area (Å²) in [7, 11) is 0. The third kappa shape index (κ3) is 2.50.